The second-order valence-electron chi connectivity index (χ2n) is 3.87. The van der Waals surface area contributed by atoms with Gasteiger partial charge in [0.05, 0.1) is 0 Å². The molecule has 2 atom stereocenters. The SMILES string of the molecule is C=CC(C)(CC)C(CC)C(=C)C. The fraction of sp³-hybridized carbons (Fsp3) is 0.667. The molecular formula is C12H22. The molecule has 0 spiro atoms. The van der Waals surface area contributed by atoms with E-state index < -0.39 is 0 Å². The van der Waals surface area contributed by atoms with Crippen LogP contribution in [0.4, 0.5) is 0 Å². The molecule has 0 heteroatoms. The van der Waals surface area contributed by atoms with Gasteiger partial charge in [0.1, 0.15) is 0 Å². The highest BCUT2D eigenvalue weighted by molar-refractivity contribution is 5.08. The summed E-state index contributed by atoms with van der Waals surface area (Å²) in [6, 6.07) is 0. The van der Waals surface area contributed by atoms with Gasteiger partial charge in [0, 0.05) is 0 Å². The van der Waals surface area contributed by atoms with Crippen molar-refractivity contribution in [3.63, 3.8) is 0 Å². The topological polar surface area (TPSA) is 0 Å². The Kier molecular flexibility index (Phi) is 4.30. The molecule has 0 aromatic carbocycles. The fourth-order valence-electron chi connectivity index (χ4n) is 1.91. The number of hydrogen-bond donors (Lipinski definition) is 0. The minimum atomic E-state index is 0.237. The number of rotatable bonds is 5. The normalized spacial score (nSPS) is 18.0. The highest BCUT2D eigenvalue weighted by atomic mass is 14.3. The second kappa shape index (κ2) is 4.49. The molecule has 0 saturated carbocycles. The van der Waals surface area contributed by atoms with Crippen LogP contribution in [0.2, 0.25) is 0 Å². The largest absolute Gasteiger partial charge is 0.103 e. The van der Waals surface area contributed by atoms with Crippen LogP contribution in [0.5, 0.6) is 0 Å². The van der Waals surface area contributed by atoms with Crippen LogP contribution in [0.15, 0.2) is 24.8 Å². The first-order valence-corrected chi connectivity index (χ1v) is 4.80. The average Bonchev–Trinajstić information content (AvgIpc) is 2.04. The van der Waals surface area contributed by atoms with E-state index in [0.29, 0.717) is 5.92 Å². The molecule has 70 valence electrons. The van der Waals surface area contributed by atoms with E-state index in [0.717, 1.165) is 12.8 Å². The summed E-state index contributed by atoms with van der Waals surface area (Å²) < 4.78 is 0. The molecule has 0 radical (unpaired) electrons. The molecule has 0 rings (SSSR count). The molecule has 12 heavy (non-hydrogen) atoms. The van der Waals surface area contributed by atoms with Gasteiger partial charge in [0.2, 0.25) is 0 Å². The summed E-state index contributed by atoms with van der Waals surface area (Å²) >= 11 is 0. The summed E-state index contributed by atoms with van der Waals surface area (Å²) in [7, 11) is 0. The third-order valence-electron chi connectivity index (χ3n) is 3.03. The predicted octanol–water partition coefficient (Wildman–Crippen LogP) is 4.19. The Morgan fingerprint density at radius 1 is 1.50 bits per heavy atom. The van der Waals surface area contributed by atoms with Crippen molar-refractivity contribution in [2.75, 3.05) is 0 Å². The molecule has 0 N–H and O–H groups in total. The monoisotopic (exact) mass is 166 g/mol. The van der Waals surface area contributed by atoms with Crippen molar-refractivity contribution < 1.29 is 0 Å². The number of hydrogen-bond acceptors (Lipinski definition) is 0. The summed E-state index contributed by atoms with van der Waals surface area (Å²) in [6.45, 7) is 16.8. The third kappa shape index (κ3) is 2.23. The van der Waals surface area contributed by atoms with Gasteiger partial charge in [-0.3, -0.25) is 0 Å². The molecule has 0 aromatic heterocycles. The van der Waals surface area contributed by atoms with Crippen molar-refractivity contribution in [2.45, 2.75) is 40.5 Å². The summed E-state index contributed by atoms with van der Waals surface area (Å²) in [4.78, 5) is 0. The van der Waals surface area contributed by atoms with Gasteiger partial charge in [0.15, 0.2) is 0 Å². The van der Waals surface area contributed by atoms with Crippen LogP contribution in [-0.4, -0.2) is 0 Å². The van der Waals surface area contributed by atoms with E-state index >= 15 is 0 Å². The van der Waals surface area contributed by atoms with Gasteiger partial charge in [-0.1, -0.05) is 39.0 Å². The van der Waals surface area contributed by atoms with E-state index in [9.17, 15) is 0 Å². The Labute approximate surface area is 77.4 Å². The molecule has 0 aromatic rings. The summed E-state index contributed by atoms with van der Waals surface area (Å²) in [5.74, 6) is 0.583. The van der Waals surface area contributed by atoms with Gasteiger partial charge in [0.25, 0.3) is 0 Å². The van der Waals surface area contributed by atoms with Gasteiger partial charge in [-0.05, 0) is 31.1 Å². The molecule has 0 heterocycles. The zero-order valence-corrected chi connectivity index (χ0v) is 8.98. The van der Waals surface area contributed by atoms with Gasteiger partial charge >= 0.3 is 0 Å². The second-order valence-corrected chi connectivity index (χ2v) is 3.87. The van der Waals surface area contributed by atoms with E-state index in [4.69, 9.17) is 0 Å². The van der Waals surface area contributed by atoms with Gasteiger partial charge < -0.3 is 0 Å². The lowest BCUT2D eigenvalue weighted by Crippen LogP contribution is -2.24. The van der Waals surface area contributed by atoms with Crippen molar-refractivity contribution in [1.29, 1.82) is 0 Å². The summed E-state index contributed by atoms with van der Waals surface area (Å²) in [5.41, 5.74) is 1.52. The molecule has 2 unspecified atom stereocenters. The minimum absolute atomic E-state index is 0.237. The Balaban J connectivity index is 4.66. The summed E-state index contributed by atoms with van der Waals surface area (Å²) in [6.07, 6.45) is 4.38. The van der Waals surface area contributed by atoms with Crippen molar-refractivity contribution in [2.24, 2.45) is 11.3 Å². The van der Waals surface area contributed by atoms with Crippen LogP contribution in [0.3, 0.4) is 0 Å². The van der Waals surface area contributed by atoms with Crippen LogP contribution < -0.4 is 0 Å². The standard InChI is InChI=1S/C12H22/c1-7-11(10(4)5)12(6,8-2)9-3/h8,11H,2,4,7,9H2,1,3,5-6H3. The quantitative estimate of drug-likeness (QED) is 0.537. The molecule has 0 aliphatic heterocycles. The lowest BCUT2D eigenvalue weighted by Gasteiger charge is -2.34. The first-order chi connectivity index (χ1) is 5.51. The maximum absolute atomic E-state index is 4.04. The fourth-order valence-corrected chi connectivity index (χ4v) is 1.91. The van der Waals surface area contributed by atoms with Crippen molar-refractivity contribution in [3.8, 4) is 0 Å². The first kappa shape index (κ1) is 11.5. The predicted molar refractivity (Wildman–Crippen MR) is 57.2 cm³/mol. The summed E-state index contributed by atoms with van der Waals surface area (Å²) in [5, 5.41) is 0. The third-order valence-corrected chi connectivity index (χ3v) is 3.03. The van der Waals surface area contributed by atoms with Crippen LogP contribution in [-0.2, 0) is 0 Å². The van der Waals surface area contributed by atoms with Gasteiger partial charge in [-0.25, -0.2) is 0 Å². The van der Waals surface area contributed by atoms with Gasteiger partial charge in [-0.2, -0.15) is 0 Å². The van der Waals surface area contributed by atoms with E-state index in [2.05, 4.69) is 46.9 Å². The Morgan fingerprint density at radius 2 is 2.00 bits per heavy atom. The van der Waals surface area contributed by atoms with Gasteiger partial charge in [-0.15, -0.1) is 6.58 Å². The zero-order valence-electron chi connectivity index (χ0n) is 8.98. The molecule has 0 bridgehead atoms. The molecule has 0 nitrogen and oxygen atoms in total. The first-order valence-electron chi connectivity index (χ1n) is 4.80. The molecular weight excluding hydrogens is 144 g/mol. The van der Waals surface area contributed by atoms with E-state index in [1.165, 1.54) is 5.57 Å². The maximum Gasteiger partial charge on any atom is -0.00867 e. The minimum Gasteiger partial charge on any atom is -0.103 e. The smallest absolute Gasteiger partial charge is 0.00867 e. The lowest BCUT2D eigenvalue weighted by molar-refractivity contribution is 0.277. The Bertz CT molecular complexity index is 167. The number of allylic oxidation sites excluding steroid dienone is 2. The average molecular weight is 166 g/mol. The van der Waals surface area contributed by atoms with Crippen molar-refractivity contribution in [3.05, 3.63) is 24.8 Å². The molecule has 0 fully saturated rings. The van der Waals surface area contributed by atoms with Crippen LogP contribution >= 0.6 is 0 Å². The highest BCUT2D eigenvalue weighted by Crippen LogP contribution is 2.38. The van der Waals surface area contributed by atoms with Crippen LogP contribution in [0, 0.1) is 11.3 Å². The van der Waals surface area contributed by atoms with Crippen LogP contribution in [0.25, 0.3) is 0 Å². The maximum atomic E-state index is 4.04. The Hall–Kier alpha value is -0.520. The lowest BCUT2D eigenvalue weighted by atomic mass is 9.71. The van der Waals surface area contributed by atoms with E-state index in [1.807, 2.05) is 0 Å². The molecule has 0 aliphatic carbocycles. The molecule has 0 amide bonds. The Morgan fingerprint density at radius 3 is 2.08 bits per heavy atom. The molecule has 0 saturated heterocycles. The van der Waals surface area contributed by atoms with Crippen molar-refractivity contribution >= 4 is 0 Å². The zero-order chi connectivity index (χ0) is 9.78. The molecule has 0 aliphatic rings. The van der Waals surface area contributed by atoms with E-state index in [-0.39, 0.29) is 5.41 Å². The van der Waals surface area contributed by atoms with Crippen LogP contribution in [0.1, 0.15) is 40.5 Å². The van der Waals surface area contributed by atoms with Crippen molar-refractivity contribution in [1.82, 2.24) is 0 Å². The highest BCUT2D eigenvalue weighted by Gasteiger charge is 2.28. The van der Waals surface area contributed by atoms with E-state index in [1.54, 1.807) is 0 Å².